The summed E-state index contributed by atoms with van der Waals surface area (Å²) in [7, 11) is 0. The molecule has 1 N–H and O–H groups in total. The number of hydrogen-bond acceptors (Lipinski definition) is 4. The molecule has 1 heterocycles. The Morgan fingerprint density at radius 2 is 1.88 bits per heavy atom. The fraction of sp³-hybridized carbons (Fsp3) is 0.0556. The molecule has 5 nitrogen and oxygen atoms in total. The lowest BCUT2D eigenvalue weighted by molar-refractivity contribution is 0.102. The van der Waals surface area contributed by atoms with Crippen LogP contribution in [0.1, 0.15) is 15.9 Å². The molecule has 0 saturated carbocycles. The minimum atomic E-state index is -0.524. The molecule has 6 heteroatoms. The highest BCUT2D eigenvalue weighted by Crippen LogP contribution is 2.25. The summed E-state index contributed by atoms with van der Waals surface area (Å²) >= 11 is 0. The van der Waals surface area contributed by atoms with E-state index < -0.39 is 5.82 Å². The fourth-order valence-electron chi connectivity index (χ4n) is 2.16. The smallest absolute Gasteiger partial charge is 0.255 e. The lowest BCUT2D eigenvalue weighted by Gasteiger charge is -2.09. The Morgan fingerprint density at radius 1 is 1.08 bits per heavy atom. The van der Waals surface area contributed by atoms with Crippen LogP contribution < -0.4 is 10.1 Å². The van der Waals surface area contributed by atoms with Gasteiger partial charge >= 0.3 is 0 Å². The molecule has 0 saturated heterocycles. The van der Waals surface area contributed by atoms with Gasteiger partial charge in [0.1, 0.15) is 17.9 Å². The standard InChI is InChI=1S/C18H14FN3O2/c1-12-3-2-4-13(5-12)18(23)22-15-6-14(19)7-16(8-15)24-17-9-20-11-21-10-17/h2-11H,1H3,(H,22,23). The van der Waals surface area contributed by atoms with Crippen molar-refractivity contribution in [2.45, 2.75) is 6.92 Å². The van der Waals surface area contributed by atoms with E-state index in [1.807, 2.05) is 13.0 Å². The van der Waals surface area contributed by atoms with Crippen molar-refractivity contribution < 1.29 is 13.9 Å². The number of carbonyl (C=O) groups excluding carboxylic acids is 1. The third-order valence-corrected chi connectivity index (χ3v) is 3.18. The Labute approximate surface area is 138 Å². The summed E-state index contributed by atoms with van der Waals surface area (Å²) in [5.41, 5.74) is 1.77. The van der Waals surface area contributed by atoms with Gasteiger partial charge in [-0.25, -0.2) is 14.4 Å². The minimum absolute atomic E-state index is 0.240. The van der Waals surface area contributed by atoms with Gasteiger partial charge in [0.25, 0.3) is 5.91 Å². The number of hydrogen-bond donors (Lipinski definition) is 1. The molecule has 2 aromatic carbocycles. The molecule has 0 aliphatic rings. The zero-order valence-electron chi connectivity index (χ0n) is 12.9. The Kier molecular flexibility index (Phi) is 4.47. The molecular formula is C18H14FN3O2. The first kappa shape index (κ1) is 15.6. The molecule has 3 rings (SSSR count). The van der Waals surface area contributed by atoms with Crippen LogP contribution in [0.4, 0.5) is 10.1 Å². The van der Waals surface area contributed by atoms with Gasteiger partial charge in [0.05, 0.1) is 12.4 Å². The van der Waals surface area contributed by atoms with E-state index in [2.05, 4.69) is 15.3 Å². The summed E-state index contributed by atoms with van der Waals surface area (Å²) in [5.74, 6) is -0.231. The number of aryl methyl sites for hydroxylation is 1. The van der Waals surface area contributed by atoms with Gasteiger partial charge in [-0.3, -0.25) is 4.79 Å². The Morgan fingerprint density at radius 3 is 2.62 bits per heavy atom. The fourth-order valence-corrected chi connectivity index (χ4v) is 2.16. The molecule has 120 valence electrons. The molecule has 1 aromatic heterocycles. The van der Waals surface area contributed by atoms with Crippen LogP contribution in [0, 0.1) is 12.7 Å². The molecule has 0 fully saturated rings. The van der Waals surface area contributed by atoms with E-state index >= 15 is 0 Å². The minimum Gasteiger partial charge on any atom is -0.454 e. The summed E-state index contributed by atoms with van der Waals surface area (Å²) in [5, 5.41) is 2.66. The molecule has 3 aromatic rings. The molecule has 0 atom stereocenters. The molecule has 0 bridgehead atoms. The van der Waals surface area contributed by atoms with Gasteiger partial charge in [-0.15, -0.1) is 0 Å². The summed E-state index contributed by atoms with van der Waals surface area (Å²) in [6, 6.07) is 11.1. The number of aromatic nitrogens is 2. The molecule has 0 unspecified atom stereocenters. The number of amides is 1. The molecule has 1 amide bonds. The predicted octanol–water partition coefficient (Wildman–Crippen LogP) is 3.97. The molecular weight excluding hydrogens is 309 g/mol. The topological polar surface area (TPSA) is 64.1 Å². The van der Waals surface area contributed by atoms with Gasteiger partial charge in [0.15, 0.2) is 5.75 Å². The second kappa shape index (κ2) is 6.87. The number of nitrogens with one attached hydrogen (secondary N) is 1. The maximum Gasteiger partial charge on any atom is 0.255 e. The largest absolute Gasteiger partial charge is 0.454 e. The van der Waals surface area contributed by atoms with Crippen LogP contribution in [0.15, 0.2) is 61.2 Å². The van der Waals surface area contributed by atoms with E-state index in [0.29, 0.717) is 17.0 Å². The Balaban J connectivity index is 1.80. The van der Waals surface area contributed by atoms with Gasteiger partial charge in [-0.2, -0.15) is 0 Å². The average Bonchev–Trinajstić information content (AvgIpc) is 2.55. The summed E-state index contributed by atoms with van der Waals surface area (Å²) in [6.07, 6.45) is 4.29. The Bertz CT molecular complexity index is 869. The second-order valence-corrected chi connectivity index (χ2v) is 5.18. The number of carbonyl (C=O) groups is 1. The highest BCUT2D eigenvalue weighted by Gasteiger charge is 2.09. The lowest BCUT2D eigenvalue weighted by Crippen LogP contribution is -2.12. The third-order valence-electron chi connectivity index (χ3n) is 3.18. The first-order chi connectivity index (χ1) is 11.6. The van der Waals surface area contributed by atoms with Crippen molar-refractivity contribution >= 4 is 11.6 Å². The monoisotopic (exact) mass is 323 g/mol. The van der Waals surface area contributed by atoms with E-state index in [-0.39, 0.29) is 11.7 Å². The number of nitrogens with zero attached hydrogens (tertiary/aromatic N) is 2. The van der Waals surface area contributed by atoms with Crippen LogP contribution in [0.25, 0.3) is 0 Å². The van der Waals surface area contributed by atoms with Crippen LogP contribution in [-0.4, -0.2) is 15.9 Å². The third kappa shape index (κ3) is 3.92. The molecule has 0 radical (unpaired) electrons. The van der Waals surface area contributed by atoms with Crippen molar-refractivity contribution in [3.8, 4) is 11.5 Å². The van der Waals surface area contributed by atoms with E-state index in [9.17, 15) is 9.18 Å². The highest BCUT2D eigenvalue weighted by molar-refractivity contribution is 6.04. The molecule has 0 spiro atoms. The first-order valence-corrected chi connectivity index (χ1v) is 7.21. The summed E-state index contributed by atoms with van der Waals surface area (Å²) in [4.78, 5) is 19.9. The summed E-state index contributed by atoms with van der Waals surface area (Å²) in [6.45, 7) is 1.90. The van der Waals surface area contributed by atoms with Crippen molar-refractivity contribution in [3.63, 3.8) is 0 Å². The van der Waals surface area contributed by atoms with Crippen LogP contribution in [0.5, 0.6) is 11.5 Å². The van der Waals surface area contributed by atoms with Gasteiger partial charge in [0, 0.05) is 23.4 Å². The Hall–Kier alpha value is -3.28. The van der Waals surface area contributed by atoms with Gasteiger partial charge < -0.3 is 10.1 Å². The quantitative estimate of drug-likeness (QED) is 0.789. The van der Waals surface area contributed by atoms with E-state index in [4.69, 9.17) is 4.74 Å². The summed E-state index contributed by atoms with van der Waals surface area (Å²) < 4.78 is 19.3. The van der Waals surface area contributed by atoms with Crippen molar-refractivity contribution in [1.29, 1.82) is 0 Å². The van der Waals surface area contributed by atoms with Crippen LogP contribution in [0.3, 0.4) is 0 Å². The highest BCUT2D eigenvalue weighted by atomic mass is 19.1. The first-order valence-electron chi connectivity index (χ1n) is 7.21. The predicted molar refractivity (Wildman–Crippen MR) is 87.6 cm³/mol. The van der Waals surface area contributed by atoms with Gasteiger partial charge in [-0.1, -0.05) is 17.7 Å². The number of ether oxygens (including phenoxy) is 1. The number of anilines is 1. The van der Waals surface area contributed by atoms with Gasteiger partial charge in [0.2, 0.25) is 0 Å². The van der Waals surface area contributed by atoms with Crippen molar-refractivity contribution in [3.05, 3.63) is 78.1 Å². The lowest BCUT2D eigenvalue weighted by atomic mass is 10.1. The zero-order valence-corrected chi connectivity index (χ0v) is 12.9. The van der Waals surface area contributed by atoms with E-state index in [1.165, 1.54) is 36.9 Å². The zero-order chi connectivity index (χ0) is 16.9. The van der Waals surface area contributed by atoms with Crippen molar-refractivity contribution in [1.82, 2.24) is 9.97 Å². The normalized spacial score (nSPS) is 10.2. The number of benzene rings is 2. The van der Waals surface area contributed by atoms with Crippen molar-refractivity contribution in [2.24, 2.45) is 0 Å². The SMILES string of the molecule is Cc1cccc(C(=O)Nc2cc(F)cc(Oc3cncnc3)c2)c1. The number of halogens is 1. The van der Waals surface area contributed by atoms with Crippen LogP contribution >= 0.6 is 0 Å². The van der Waals surface area contributed by atoms with E-state index in [0.717, 1.165) is 5.56 Å². The molecule has 0 aliphatic heterocycles. The van der Waals surface area contributed by atoms with Crippen LogP contribution in [-0.2, 0) is 0 Å². The average molecular weight is 323 g/mol. The molecule has 24 heavy (non-hydrogen) atoms. The maximum absolute atomic E-state index is 13.8. The molecule has 0 aliphatic carbocycles. The van der Waals surface area contributed by atoms with E-state index in [1.54, 1.807) is 18.2 Å². The van der Waals surface area contributed by atoms with Crippen molar-refractivity contribution in [2.75, 3.05) is 5.32 Å². The van der Waals surface area contributed by atoms with Crippen LogP contribution in [0.2, 0.25) is 0 Å². The second-order valence-electron chi connectivity index (χ2n) is 5.18. The maximum atomic E-state index is 13.8. The van der Waals surface area contributed by atoms with Gasteiger partial charge in [-0.05, 0) is 25.1 Å². The number of rotatable bonds is 4.